The zero-order chi connectivity index (χ0) is 28.1. The zero-order valence-electron chi connectivity index (χ0n) is 23.7. The molecule has 0 saturated heterocycles. The number of benzene rings is 3. The lowest BCUT2D eigenvalue weighted by molar-refractivity contribution is -0.122. The van der Waals surface area contributed by atoms with Crippen molar-refractivity contribution in [1.29, 1.82) is 0 Å². The standard InChI is InChI=1S/C32H40N2O4/c1-21(37-27-17-9-23(10-18-27)31(3,4)5)29(35)33-25-13-15-26(16-14-25)34-30(36)22(2)38-28-19-11-24(12-20-28)32(6,7)8/h9-22H,1-8H3,(H,33,35)(H,34,36). The fraction of sp³-hybridized carbons (Fsp3) is 0.375. The van der Waals surface area contributed by atoms with Crippen LogP contribution >= 0.6 is 0 Å². The fourth-order valence-electron chi connectivity index (χ4n) is 3.71. The molecule has 6 heteroatoms. The number of anilines is 2. The molecule has 2 N–H and O–H groups in total. The van der Waals surface area contributed by atoms with Crippen LogP contribution in [0.4, 0.5) is 11.4 Å². The highest BCUT2D eigenvalue weighted by Gasteiger charge is 2.19. The van der Waals surface area contributed by atoms with Crippen LogP contribution in [0, 0.1) is 0 Å². The van der Waals surface area contributed by atoms with Gasteiger partial charge in [0.15, 0.2) is 12.2 Å². The smallest absolute Gasteiger partial charge is 0.265 e. The van der Waals surface area contributed by atoms with Gasteiger partial charge in [0.2, 0.25) is 0 Å². The third-order valence-electron chi connectivity index (χ3n) is 6.22. The highest BCUT2D eigenvalue weighted by atomic mass is 16.5. The van der Waals surface area contributed by atoms with Gasteiger partial charge in [-0.15, -0.1) is 0 Å². The molecule has 38 heavy (non-hydrogen) atoms. The maximum Gasteiger partial charge on any atom is 0.265 e. The minimum Gasteiger partial charge on any atom is -0.481 e. The maximum absolute atomic E-state index is 12.6. The van der Waals surface area contributed by atoms with Gasteiger partial charge in [0.1, 0.15) is 11.5 Å². The van der Waals surface area contributed by atoms with E-state index in [-0.39, 0.29) is 22.6 Å². The Morgan fingerprint density at radius 1 is 0.553 bits per heavy atom. The molecule has 0 aliphatic carbocycles. The molecule has 202 valence electrons. The number of hydrogen-bond acceptors (Lipinski definition) is 4. The Bertz CT molecular complexity index is 1120. The maximum atomic E-state index is 12.6. The molecule has 0 fully saturated rings. The number of carbonyl (C=O) groups excluding carboxylic acids is 2. The molecular weight excluding hydrogens is 476 g/mol. The van der Waals surface area contributed by atoms with Gasteiger partial charge in [-0.05, 0) is 84.3 Å². The van der Waals surface area contributed by atoms with Gasteiger partial charge in [-0.2, -0.15) is 0 Å². The molecule has 0 bridgehead atoms. The van der Waals surface area contributed by atoms with E-state index in [4.69, 9.17) is 9.47 Å². The average molecular weight is 517 g/mol. The molecule has 2 amide bonds. The Balaban J connectivity index is 1.50. The van der Waals surface area contributed by atoms with E-state index in [0.717, 1.165) is 0 Å². The fourth-order valence-corrected chi connectivity index (χ4v) is 3.71. The Morgan fingerprint density at radius 3 is 1.11 bits per heavy atom. The van der Waals surface area contributed by atoms with E-state index in [9.17, 15) is 9.59 Å². The predicted molar refractivity (Wildman–Crippen MR) is 154 cm³/mol. The topological polar surface area (TPSA) is 76.7 Å². The van der Waals surface area contributed by atoms with Crippen LogP contribution in [0.25, 0.3) is 0 Å². The average Bonchev–Trinajstić information content (AvgIpc) is 2.84. The van der Waals surface area contributed by atoms with E-state index in [1.807, 2.05) is 48.5 Å². The number of amides is 2. The summed E-state index contributed by atoms with van der Waals surface area (Å²) >= 11 is 0. The molecule has 0 spiro atoms. The number of ether oxygens (including phenoxy) is 2. The normalized spacial score (nSPS) is 13.3. The third-order valence-corrected chi connectivity index (χ3v) is 6.22. The van der Waals surface area contributed by atoms with Gasteiger partial charge in [0.25, 0.3) is 11.8 Å². The van der Waals surface area contributed by atoms with Crippen molar-refractivity contribution >= 4 is 23.2 Å². The van der Waals surface area contributed by atoms with Gasteiger partial charge in [0, 0.05) is 11.4 Å². The van der Waals surface area contributed by atoms with Gasteiger partial charge in [-0.25, -0.2) is 0 Å². The zero-order valence-corrected chi connectivity index (χ0v) is 23.7. The molecule has 0 aliphatic rings. The summed E-state index contributed by atoms with van der Waals surface area (Å²) in [4.78, 5) is 25.2. The summed E-state index contributed by atoms with van der Waals surface area (Å²) < 4.78 is 11.6. The van der Waals surface area contributed by atoms with Crippen molar-refractivity contribution in [2.45, 2.75) is 78.4 Å². The number of hydrogen-bond donors (Lipinski definition) is 2. The second-order valence-corrected chi connectivity index (χ2v) is 11.6. The first-order valence-electron chi connectivity index (χ1n) is 13.0. The van der Waals surface area contributed by atoms with Crippen LogP contribution < -0.4 is 20.1 Å². The molecule has 2 unspecified atom stereocenters. The summed E-state index contributed by atoms with van der Waals surface area (Å²) in [7, 11) is 0. The van der Waals surface area contributed by atoms with E-state index in [0.29, 0.717) is 22.9 Å². The largest absolute Gasteiger partial charge is 0.481 e. The molecule has 0 radical (unpaired) electrons. The van der Waals surface area contributed by atoms with Gasteiger partial charge < -0.3 is 20.1 Å². The third kappa shape index (κ3) is 8.10. The first kappa shape index (κ1) is 28.8. The van der Waals surface area contributed by atoms with Crippen LogP contribution in [0.5, 0.6) is 11.5 Å². The van der Waals surface area contributed by atoms with Crippen molar-refractivity contribution in [2.24, 2.45) is 0 Å². The molecule has 3 aromatic carbocycles. The molecule has 0 aromatic heterocycles. The second-order valence-electron chi connectivity index (χ2n) is 11.6. The summed E-state index contributed by atoms with van der Waals surface area (Å²) in [6, 6.07) is 22.5. The highest BCUT2D eigenvalue weighted by molar-refractivity contribution is 5.96. The minimum atomic E-state index is -0.676. The van der Waals surface area contributed by atoms with E-state index in [1.54, 1.807) is 38.1 Å². The second kappa shape index (κ2) is 11.7. The van der Waals surface area contributed by atoms with E-state index >= 15 is 0 Å². The Labute approximate surface area is 226 Å². The van der Waals surface area contributed by atoms with Crippen LogP contribution in [0.3, 0.4) is 0 Å². The van der Waals surface area contributed by atoms with Crippen molar-refractivity contribution in [3.63, 3.8) is 0 Å². The summed E-state index contributed by atoms with van der Waals surface area (Å²) in [5, 5.41) is 5.69. The predicted octanol–water partition coefficient (Wildman–Crippen LogP) is 7.09. The van der Waals surface area contributed by atoms with Gasteiger partial charge in [-0.1, -0.05) is 65.8 Å². The molecule has 0 aliphatic heterocycles. The lowest BCUT2D eigenvalue weighted by Gasteiger charge is -2.20. The Morgan fingerprint density at radius 2 is 0.842 bits per heavy atom. The molecule has 6 nitrogen and oxygen atoms in total. The molecule has 2 atom stereocenters. The lowest BCUT2D eigenvalue weighted by Crippen LogP contribution is -2.30. The van der Waals surface area contributed by atoms with Crippen LogP contribution in [-0.4, -0.2) is 24.0 Å². The van der Waals surface area contributed by atoms with E-state index in [1.165, 1.54) is 11.1 Å². The van der Waals surface area contributed by atoms with Crippen LogP contribution in [-0.2, 0) is 20.4 Å². The molecule has 0 heterocycles. The van der Waals surface area contributed by atoms with Crippen molar-refractivity contribution in [3.05, 3.63) is 83.9 Å². The van der Waals surface area contributed by atoms with Gasteiger partial charge in [0.05, 0.1) is 0 Å². The Kier molecular flexibility index (Phi) is 8.87. The summed E-state index contributed by atoms with van der Waals surface area (Å²) in [6.07, 6.45) is -1.35. The summed E-state index contributed by atoms with van der Waals surface area (Å²) in [5.74, 6) is 0.753. The quantitative estimate of drug-likeness (QED) is 0.335. The van der Waals surface area contributed by atoms with Crippen LogP contribution in [0.15, 0.2) is 72.8 Å². The molecule has 3 aromatic rings. The number of rotatable bonds is 8. The van der Waals surface area contributed by atoms with Crippen LogP contribution in [0.2, 0.25) is 0 Å². The van der Waals surface area contributed by atoms with Crippen molar-refractivity contribution in [3.8, 4) is 11.5 Å². The highest BCUT2D eigenvalue weighted by Crippen LogP contribution is 2.26. The lowest BCUT2D eigenvalue weighted by atomic mass is 9.87. The first-order valence-corrected chi connectivity index (χ1v) is 13.0. The van der Waals surface area contributed by atoms with Crippen LogP contribution in [0.1, 0.15) is 66.5 Å². The van der Waals surface area contributed by atoms with Crippen molar-refractivity contribution in [2.75, 3.05) is 10.6 Å². The van der Waals surface area contributed by atoms with Crippen molar-refractivity contribution < 1.29 is 19.1 Å². The molecule has 0 saturated carbocycles. The van der Waals surface area contributed by atoms with Crippen molar-refractivity contribution in [1.82, 2.24) is 0 Å². The molecular formula is C32H40N2O4. The monoisotopic (exact) mass is 516 g/mol. The summed E-state index contributed by atoms with van der Waals surface area (Å²) in [5.41, 5.74) is 3.71. The number of nitrogens with one attached hydrogen (secondary N) is 2. The SMILES string of the molecule is CC(Oc1ccc(C(C)(C)C)cc1)C(=O)Nc1ccc(NC(=O)C(C)Oc2ccc(C(C)(C)C)cc2)cc1. The Hall–Kier alpha value is -3.80. The van der Waals surface area contributed by atoms with Gasteiger partial charge in [-0.3, -0.25) is 9.59 Å². The number of carbonyl (C=O) groups is 2. The summed E-state index contributed by atoms with van der Waals surface area (Å²) in [6.45, 7) is 16.3. The van der Waals surface area contributed by atoms with E-state index < -0.39 is 12.2 Å². The van der Waals surface area contributed by atoms with E-state index in [2.05, 4.69) is 52.2 Å². The minimum absolute atomic E-state index is 0.0522. The van der Waals surface area contributed by atoms with Gasteiger partial charge >= 0.3 is 0 Å². The molecule has 3 rings (SSSR count). The first-order chi connectivity index (χ1) is 17.7.